The second kappa shape index (κ2) is 5.10. The Bertz CT molecular complexity index is 635. The number of rotatable bonds is 3. The van der Waals surface area contributed by atoms with Crippen LogP contribution in [-0.4, -0.2) is 16.1 Å². The molecule has 1 aromatic heterocycles. The lowest BCUT2D eigenvalue weighted by Crippen LogP contribution is -2.13. The molecular weight excluding hydrogens is 296 g/mol. The second-order valence-electron chi connectivity index (χ2n) is 4.44. The van der Waals surface area contributed by atoms with Gasteiger partial charge in [-0.1, -0.05) is 15.9 Å². The Balaban J connectivity index is 2.72. The van der Waals surface area contributed by atoms with E-state index in [9.17, 15) is 4.79 Å². The molecule has 1 aromatic carbocycles. The van der Waals surface area contributed by atoms with E-state index in [1.165, 1.54) is 0 Å². The number of aromatic nitrogens is 2. The van der Waals surface area contributed by atoms with E-state index in [1.54, 1.807) is 6.92 Å². The van der Waals surface area contributed by atoms with E-state index in [-0.39, 0.29) is 11.7 Å². The molecule has 1 N–H and O–H groups in total. The van der Waals surface area contributed by atoms with E-state index in [2.05, 4.69) is 25.9 Å². The SMILES string of the molecule is Cc1nc2c(OC(C)C)cc(CBr)cc2[nH]c1=O. The van der Waals surface area contributed by atoms with Crippen LogP contribution in [0.25, 0.3) is 11.0 Å². The fraction of sp³-hybridized carbons (Fsp3) is 0.385. The zero-order valence-electron chi connectivity index (χ0n) is 10.6. The van der Waals surface area contributed by atoms with Gasteiger partial charge < -0.3 is 9.72 Å². The summed E-state index contributed by atoms with van der Waals surface area (Å²) < 4.78 is 5.76. The van der Waals surface area contributed by atoms with Crippen LogP contribution >= 0.6 is 15.9 Å². The molecule has 0 spiro atoms. The first-order chi connectivity index (χ1) is 8.51. The van der Waals surface area contributed by atoms with Gasteiger partial charge in [-0.05, 0) is 38.5 Å². The number of nitrogens with one attached hydrogen (secondary N) is 1. The van der Waals surface area contributed by atoms with Gasteiger partial charge >= 0.3 is 0 Å². The lowest BCUT2D eigenvalue weighted by Gasteiger charge is -2.13. The summed E-state index contributed by atoms with van der Waals surface area (Å²) >= 11 is 3.41. The first-order valence-corrected chi connectivity index (χ1v) is 6.89. The highest BCUT2D eigenvalue weighted by molar-refractivity contribution is 9.08. The van der Waals surface area contributed by atoms with Crippen LogP contribution in [0.3, 0.4) is 0 Å². The topological polar surface area (TPSA) is 55.0 Å². The minimum Gasteiger partial charge on any atom is -0.489 e. The predicted octanol–water partition coefficient (Wildman–Crippen LogP) is 2.91. The second-order valence-corrected chi connectivity index (χ2v) is 5.00. The molecule has 0 amide bonds. The highest BCUT2D eigenvalue weighted by Gasteiger charge is 2.10. The standard InChI is InChI=1S/C13H15BrN2O2/c1-7(2)18-11-5-9(6-14)4-10-12(11)15-8(3)13(17)16-10/h4-5,7H,6H2,1-3H3,(H,16,17). The molecule has 0 aliphatic heterocycles. The summed E-state index contributed by atoms with van der Waals surface area (Å²) in [6.45, 7) is 5.62. The smallest absolute Gasteiger partial charge is 0.269 e. The molecule has 2 rings (SSSR count). The van der Waals surface area contributed by atoms with Crippen molar-refractivity contribution in [1.82, 2.24) is 9.97 Å². The molecule has 4 nitrogen and oxygen atoms in total. The van der Waals surface area contributed by atoms with Crippen molar-refractivity contribution >= 4 is 27.0 Å². The molecule has 0 aliphatic carbocycles. The highest BCUT2D eigenvalue weighted by Crippen LogP contribution is 2.26. The fourth-order valence-electron chi connectivity index (χ4n) is 1.73. The van der Waals surface area contributed by atoms with Crippen molar-refractivity contribution in [2.45, 2.75) is 32.2 Å². The maximum absolute atomic E-state index is 11.6. The van der Waals surface area contributed by atoms with Gasteiger partial charge in [-0.25, -0.2) is 4.98 Å². The Labute approximate surface area is 114 Å². The van der Waals surface area contributed by atoms with E-state index >= 15 is 0 Å². The third-order valence-electron chi connectivity index (χ3n) is 2.51. The fourth-order valence-corrected chi connectivity index (χ4v) is 2.05. The monoisotopic (exact) mass is 310 g/mol. The molecule has 18 heavy (non-hydrogen) atoms. The van der Waals surface area contributed by atoms with Gasteiger partial charge in [0.15, 0.2) is 0 Å². The largest absolute Gasteiger partial charge is 0.489 e. The number of aromatic amines is 1. The van der Waals surface area contributed by atoms with Crippen LogP contribution in [0.4, 0.5) is 0 Å². The lowest BCUT2D eigenvalue weighted by atomic mass is 10.2. The number of ether oxygens (including phenoxy) is 1. The van der Waals surface area contributed by atoms with Crippen molar-refractivity contribution in [3.63, 3.8) is 0 Å². The Kier molecular flexibility index (Phi) is 3.71. The number of hydrogen-bond acceptors (Lipinski definition) is 3. The van der Waals surface area contributed by atoms with E-state index < -0.39 is 0 Å². The van der Waals surface area contributed by atoms with Crippen LogP contribution in [0.2, 0.25) is 0 Å². The quantitative estimate of drug-likeness (QED) is 0.887. The van der Waals surface area contributed by atoms with E-state index in [4.69, 9.17) is 4.74 Å². The number of aryl methyl sites for hydroxylation is 1. The summed E-state index contributed by atoms with van der Waals surface area (Å²) in [4.78, 5) is 18.7. The molecule has 5 heteroatoms. The molecule has 0 aliphatic rings. The molecule has 0 saturated carbocycles. The molecule has 0 radical (unpaired) electrons. The minimum absolute atomic E-state index is 0.0628. The molecule has 1 heterocycles. The summed E-state index contributed by atoms with van der Waals surface area (Å²) in [5.74, 6) is 0.705. The Morgan fingerprint density at radius 1 is 1.44 bits per heavy atom. The van der Waals surface area contributed by atoms with Crippen molar-refractivity contribution < 1.29 is 4.74 Å². The lowest BCUT2D eigenvalue weighted by molar-refractivity contribution is 0.245. The summed E-state index contributed by atoms with van der Waals surface area (Å²) in [6.07, 6.45) is 0.0628. The summed E-state index contributed by atoms with van der Waals surface area (Å²) in [6, 6.07) is 3.85. The molecule has 0 fully saturated rings. The third kappa shape index (κ3) is 2.56. The number of H-pyrrole nitrogens is 1. The van der Waals surface area contributed by atoms with Gasteiger partial charge in [0.1, 0.15) is 17.0 Å². The summed E-state index contributed by atoms with van der Waals surface area (Å²) in [5, 5.41) is 0.702. The molecule has 0 atom stereocenters. The van der Waals surface area contributed by atoms with Crippen LogP contribution in [0, 0.1) is 6.92 Å². The average Bonchev–Trinajstić information content (AvgIpc) is 2.30. The van der Waals surface area contributed by atoms with Gasteiger partial charge in [0, 0.05) is 5.33 Å². The number of hydrogen-bond donors (Lipinski definition) is 1. The van der Waals surface area contributed by atoms with Gasteiger partial charge in [0.05, 0.1) is 11.6 Å². The van der Waals surface area contributed by atoms with Crippen LogP contribution < -0.4 is 10.3 Å². The van der Waals surface area contributed by atoms with Crippen LogP contribution in [0.1, 0.15) is 25.1 Å². The van der Waals surface area contributed by atoms with Crippen molar-refractivity contribution in [2.75, 3.05) is 0 Å². The van der Waals surface area contributed by atoms with E-state index in [0.29, 0.717) is 27.8 Å². The van der Waals surface area contributed by atoms with Gasteiger partial charge in [-0.3, -0.25) is 4.79 Å². The number of nitrogens with zero attached hydrogens (tertiary/aromatic N) is 1. The number of fused-ring (bicyclic) bond motifs is 1. The van der Waals surface area contributed by atoms with E-state index in [1.807, 2.05) is 26.0 Å². The van der Waals surface area contributed by atoms with Crippen LogP contribution in [0.15, 0.2) is 16.9 Å². The molecule has 2 aromatic rings. The summed E-state index contributed by atoms with van der Waals surface area (Å²) in [5.41, 5.74) is 2.73. The summed E-state index contributed by atoms with van der Waals surface area (Å²) in [7, 11) is 0. The van der Waals surface area contributed by atoms with Gasteiger partial charge in [0.25, 0.3) is 5.56 Å². The number of halogens is 1. The van der Waals surface area contributed by atoms with Crippen molar-refractivity contribution in [2.24, 2.45) is 0 Å². The zero-order chi connectivity index (χ0) is 13.3. The first kappa shape index (κ1) is 13.1. The highest BCUT2D eigenvalue weighted by atomic mass is 79.9. The van der Waals surface area contributed by atoms with Crippen molar-refractivity contribution in [3.05, 3.63) is 33.7 Å². The third-order valence-corrected chi connectivity index (χ3v) is 3.16. The first-order valence-electron chi connectivity index (χ1n) is 5.77. The average molecular weight is 311 g/mol. The molecule has 0 unspecified atom stereocenters. The van der Waals surface area contributed by atoms with Crippen LogP contribution in [-0.2, 0) is 5.33 Å². The zero-order valence-corrected chi connectivity index (χ0v) is 12.2. The van der Waals surface area contributed by atoms with Gasteiger partial charge in [-0.2, -0.15) is 0 Å². The van der Waals surface area contributed by atoms with Crippen molar-refractivity contribution in [1.29, 1.82) is 0 Å². The molecule has 0 saturated heterocycles. The van der Waals surface area contributed by atoms with Gasteiger partial charge in [-0.15, -0.1) is 0 Å². The van der Waals surface area contributed by atoms with Gasteiger partial charge in [0.2, 0.25) is 0 Å². The Hall–Kier alpha value is -1.36. The number of alkyl halides is 1. The predicted molar refractivity (Wildman–Crippen MR) is 75.5 cm³/mol. The normalized spacial score (nSPS) is 11.2. The molecule has 0 bridgehead atoms. The van der Waals surface area contributed by atoms with E-state index in [0.717, 1.165) is 5.56 Å². The minimum atomic E-state index is -0.162. The molecular formula is C13H15BrN2O2. The molecule has 96 valence electrons. The Morgan fingerprint density at radius 3 is 2.78 bits per heavy atom. The maximum atomic E-state index is 11.6. The van der Waals surface area contributed by atoms with Crippen molar-refractivity contribution in [3.8, 4) is 5.75 Å². The maximum Gasteiger partial charge on any atom is 0.269 e. The Morgan fingerprint density at radius 2 is 2.17 bits per heavy atom. The van der Waals surface area contributed by atoms with Crippen LogP contribution in [0.5, 0.6) is 5.75 Å². The number of benzene rings is 1.